The molecule has 1 aliphatic heterocycles. The molecule has 0 bridgehead atoms. The number of hydrogen-bond acceptors (Lipinski definition) is 2. The molecule has 0 spiro atoms. The molecule has 1 unspecified atom stereocenters. The van der Waals surface area contributed by atoms with Crippen LogP contribution in [0.25, 0.3) is 10.9 Å². The molecule has 2 heterocycles. The third kappa shape index (κ3) is 5.39. The second-order valence-electron chi connectivity index (χ2n) is 8.76. The highest BCUT2D eigenvalue weighted by Crippen LogP contribution is 2.37. The molecule has 2 aromatic carbocycles. The van der Waals surface area contributed by atoms with Gasteiger partial charge in [-0.3, -0.25) is 4.90 Å². The smallest absolute Gasteiger partial charge is 0.361 e. The average molecular weight is 479 g/mol. The van der Waals surface area contributed by atoms with Crippen LogP contribution < -0.4 is 0 Å². The topological polar surface area (TPSA) is 42.8 Å². The lowest BCUT2D eigenvalue weighted by Gasteiger charge is -2.36. The van der Waals surface area contributed by atoms with Gasteiger partial charge >= 0.3 is 12.4 Å². The summed E-state index contributed by atoms with van der Waals surface area (Å²) < 4.78 is 79.5. The molecule has 0 radical (unpaired) electrons. The van der Waals surface area contributed by atoms with E-state index in [4.69, 9.17) is 5.26 Å². The number of H-pyrrole nitrogens is 1. The van der Waals surface area contributed by atoms with Crippen molar-refractivity contribution >= 4 is 10.9 Å². The average Bonchev–Trinajstić information content (AvgIpc) is 3.19. The highest BCUT2D eigenvalue weighted by Gasteiger charge is 2.37. The van der Waals surface area contributed by atoms with Crippen molar-refractivity contribution in [1.82, 2.24) is 9.88 Å². The number of hydrogen-bond donors (Lipinski definition) is 1. The quantitative estimate of drug-likeness (QED) is 0.398. The predicted octanol–water partition coefficient (Wildman–Crippen LogP) is 7.06. The van der Waals surface area contributed by atoms with Crippen LogP contribution in [-0.2, 0) is 25.3 Å². The van der Waals surface area contributed by atoms with Gasteiger partial charge in [0.25, 0.3) is 0 Å². The number of benzene rings is 2. The maximum Gasteiger partial charge on any atom is 0.416 e. The Morgan fingerprint density at radius 1 is 0.971 bits per heavy atom. The number of nitrogens with one attached hydrogen (secondary N) is 1. The van der Waals surface area contributed by atoms with Gasteiger partial charge in [0.2, 0.25) is 0 Å². The molecule has 1 N–H and O–H groups in total. The molecule has 3 aromatic rings. The highest BCUT2D eigenvalue weighted by atomic mass is 19.4. The standard InChI is InChI=1S/C25H23F6N3/c26-24(27,28)19-9-17(10-20(12-19)25(29,30)31)15-34-8-2-1-3-21(34)6-5-18-14-33-23-7-4-16(13-32)11-22(18)23/h4,7,9-12,14,21,33H,1-3,5-6,8,15H2. The Labute approximate surface area is 193 Å². The van der Waals surface area contributed by atoms with E-state index in [0.717, 1.165) is 54.3 Å². The first-order valence-corrected chi connectivity index (χ1v) is 11.1. The van der Waals surface area contributed by atoms with Gasteiger partial charge in [0.1, 0.15) is 0 Å². The van der Waals surface area contributed by atoms with Gasteiger partial charge in [-0.2, -0.15) is 31.6 Å². The summed E-state index contributed by atoms with van der Waals surface area (Å²) in [6.45, 7) is 0.652. The zero-order valence-corrected chi connectivity index (χ0v) is 18.2. The third-order valence-electron chi connectivity index (χ3n) is 6.43. The Morgan fingerprint density at radius 2 is 1.68 bits per heavy atom. The molecule has 0 aliphatic carbocycles. The number of alkyl halides is 6. The van der Waals surface area contributed by atoms with Gasteiger partial charge in [-0.15, -0.1) is 0 Å². The third-order valence-corrected chi connectivity index (χ3v) is 6.43. The molecule has 1 aromatic heterocycles. The maximum atomic E-state index is 13.2. The first-order chi connectivity index (χ1) is 16.0. The van der Waals surface area contributed by atoms with E-state index >= 15 is 0 Å². The lowest BCUT2D eigenvalue weighted by atomic mass is 9.94. The fourth-order valence-corrected chi connectivity index (χ4v) is 4.72. The molecular weight excluding hydrogens is 456 g/mol. The first kappa shape index (κ1) is 24.1. The molecule has 9 heteroatoms. The van der Waals surface area contributed by atoms with Gasteiger partial charge in [0.05, 0.1) is 22.8 Å². The molecule has 1 aliphatic rings. The Balaban J connectivity index is 1.54. The zero-order chi connectivity index (χ0) is 24.5. The number of aryl methyl sites for hydroxylation is 1. The Morgan fingerprint density at radius 3 is 2.32 bits per heavy atom. The van der Waals surface area contributed by atoms with Gasteiger partial charge in [-0.1, -0.05) is 6.42 Å². The largest absolute Gasteiger partial charge is 0.416 e. The number of nitrogens with zero attached hydrogens (tertiary/aromatic N) is 2. The second-order valence-corrected chi connectivity index (χ2v) is 8.76. The fraction of sp³-hybridized carbons (Fsp3) is 0.400. The number of halogens is 6. The van der Waals surface area contributed by atoms with Crippen LogP contribution in [0, 0.1) is 11.3 Å². The number of piperidine rings is 1. The fourth-order valence-electron chi connectivity index (χ4n) is 4.72. The van der Waals surface area contributed by atoms with Crippen molar-refractivity contribution in [1.29, 1.82) is 5.26 Å². The monoisotopic (exact) mass is 479 g/mol. The molecule has 4 rings (SSSR count). The first-order valence-electron chi connectivity index (χ1n) is 11.1. The summed E-state index contributed by atoms with van der Waals surface area (Å²) in [5, 5.41) is 10.1. The van der Waals surface area contributed by atoms with Gasteiger partial charge in [-0.25, -0.2) is 0 Å². The number of nitriles is 1. The Kier molecular flexibility index (Phi) is 6.63. The van der Waals surface area contributed by atoms with E-state index in [-0.39, 0.29) is 24.2 Å². The van der Waals surface area contributed by atoms with Crippen LogP contribution in [0.3, 0.4) is 0 Å². The van der Waals surface area contributed by atoms with Gasteiger partial charge < -0.3 is 4.98 Å². The van der Waals surface area contributed by atoms with Gasteiger partial charge in [0.15, 0.2) is 0 Å². The molecule has 1 atom stereocenters. The normalized spacial score (nSPS) is 17.7. The van der Waals surface area contributed by atoms with E-state index in [2.05, 4.69) is 11.1 Å². The van der Waals surface area contributed by atoms with Crippen molar-refractivity contribution in [2.24, 2.45) is 0 Å². The molecule has 3 nitrogen and oxygen atoms in total. The van der Waals surface area contributed by atoms with Gasteiger partial charge in [0, 0.05) is 29.7 Å². The van der Waals surface area contributed by atoms with E-state index in [1.54, 1.807) is 6.07 Å². The van der Waals surface area contributed by atoms with Crippen molar-refractivity contribution in [3.05, 3.63) is 70.4 Å². The van der Waals surface area contributed by atoms with Crippen LogP contribution in [0.4, 0.5) is 26.3 Å². The van der Waals surface area contributed by atoms with E-state index in [9.17, 15) is 26.3 Å². The number of aromatic nitrogens is 1. The number of likely N-dealkylation sites (tertiary alicyclic amines) is 1. The number of fused-ring (bicyclic) bond motifs is 1. The lowest BCUT2D eigenvalue weighted by Crippen LogP contribution is -2.39. The lowest BCUT2D eigenvalue weighted by molar-refractivity contribution is -0.143. The van der Waals surface area contributed by atoms with Crippen LogP contribution >= 0.6 is 0 Å². The minimum Gasteiger partial charge on any atom is -0.361 e. The van der Waals surface area contributed by atoms with Crippen molar-refractivity contribution in [3.63, 3.8) is 0 Å². The van der Waals surface area contributed by atoms with Crippen LogP contribution in [0.1, 0.15) is 53.5 Å². The summed E-state index contributed by atoms with van der Waals surface area (Å²) in [5.74, 6) is 0. The molecule has 34 heavy (non-hydrogen) atoms. The molecule has 1 saturated heterocycles. The minimum atomic E-state index is -4.85. The van der Waals surface area contributed by atoms with Crippen LogP contribution in [0.2, 0.25) is 0 Å². The summed E-state index contributed by atoms with van der Waals surface area (Å²) in [6, 6.07) is 9.38. The minimum absolute atomic E-state index is 0.0137. The summed E-state index contributed by atoms with van der Waals surface area (Å²) in [7, 11) is 0. The molecule has 0 saturated carbocycles. The number of rotatable bonds is 5. The van der Waals surface area contributed by atoms with Crippen molar-refractivity contribution in [3.8, 4) is 6.07 Å². The van der Waals surface area contributed by atoms with Crippen molar-refractivity contribution in [2.75, 3.05) is 6.54 Å². The van der Waals surface area contributed by atoms with Crippen molar-refractivity contribution in [2.45, 2.75) is 57.0 Å². The van der Waals surface area contributed by atoms with E-state index in [1.807, 2.05) is 23.2 Å². The van der Waals surface area contributed by atoms with Crippen molar-refractivity contribution < 1.29 is 26.3 Å². The highest BCUT2D eigenvalue weighted by molar-refractivity contribution is 5.84. The van der Waals surface area contributed by atoms with Crippen LogP contribution in [0.15, 0.2) is 42.6 Å². The predicted molar refractivity (Wildman–Crippen MR) is 116 cm³/mol. The molecular formula is C25H23F6N3. The van der Waals surface area contributed by atoms with E-state index in [1.165, 1.54) is 0 Å². The van der Waals surface area contributed by atoms with Crippen LogP contribution in [0.5, 0.6) is 0 Å². The second kappa shape index (κ2) is 9.34. The molecule has 1 fully saturated rings. The summed E-state index contributed by atoms with van der Waals surface area (Å²) in [6.07, 6.45) is -3.77. The Bertz CT molecular complexity index is 1170. The molecule has 180 valence electrons. The maximum absolute atomic E-state index is 13.2. The van der Waals surface area contributed by atoms with E-state index in [0.29, 0.717) is 18.5 Å². The number of aromatic amines is 1. The summed E-state index contributed by atoms with van der Waals surface area (Å²) >= 11 is 0. The summed E-state index contributed by atoms with van der Waals surface area (Å²) in [4.78, 5) is 5.18. The SMILES string of the molecule is N#Cc1ccc2[nH]cc(CCC3CCCCN3Cc3cc(C(F)(F)F)cc(C(F)(F)F)c3)c2c1. The zero-order valence-electron chi connectivity index (χ0n) is 18.2. The van der Waals surface area contributed by atoms with Crippen LogP contribution in [-0.4, -0.2) is 22.5 Å². The molecule has 0 amide bonds. The van der Waals surface area contributed by atoms with E-state index < -0.39 is 23.5 Å². The Hall–Kier alpha value is -2.99. The van der Waals surface area contributed by atoms with Gasteiger partial charge in [-0.05, 0) is 79.8 Å². The summed E-state index contributed by atoms with van der Waals surface area (Å²) in [5.41, 5.74) is -0.0393.